The second-order valence-electron chi connectivity index (χ2n) is 5.25. The third kappa shape index (κ3) is 5.83. The number of amides is 1. The number of halogens is 2. The van der Waals surface area contributed by atoms with Gasteiger partial charge in [-0.25, -0.2) is 4.39 Å². The summed E-state index contributed by atoms with van der Waals surface area (Å²) in [6.45, 7) is 2.43. The van der Waals surface area contributed by atoms with Gasteiger partial charge in [0.15, 0.2) is 11.6 Å². The van der Waals surface area contributed by atoms with Crippen molar-refractivity contribution in [3.63, 3.8) is 0 Å². The molecule has 24 heavy (non-hydrogen) atoms. The van der Waals surface area contributed by atoms with Gasteiger partial charge in [-0.05, 0) is 43.8 Å². The van der Waals surface area contributed by atoms with Gasteiger partial charge in [-0.3, -0.25) is 4.79 Å². The fourth-order valence-corrected chi connectivity index (χ4v) is 2.12. The van der Waals surface area contributed by atoms with Crippen LogP contribution in [0.5, 0.6) is 11.5 Å². The van der Waals surface area contributed by atoms with Crippen molar-refractivity contribution in [3.8, 4) is 11.5 Å². The van der Waals surface area contributed by atoms with Crippen LogP contribution in [0.1, 0.15) is 24.9 Å². The Kier molecular flexibility index (Phi) is 8.22. The zero-order valence-corrected chi connectivity index (χ0v) is 14.5. The van der Waals surface area contributed by atoms with Gasteiger partial charge in [0.2, 0.25) is 5.91 Å². The molecule has 6 heteroatoms. The van der Waals surface area contributed by atoms with Crippen LogP contribution in [0.3, 0.4) is 0 Å². The normalized spacial score (nSPS) is 11.3. The number of benzene rings is 2. The molecule has 1 atom stereocenters. The summed E-state index contributed by atoms with van der Waals surface area (Å²) in [6.07, 6.45) is 0.387. The Morgan fingerprint density at radius 1 is 1.21 bits per heavy atom. The molecular formula is C18H22ClFN2O2. The first-order valence-corrected chi connectivity index (χ1v) is 7.56. The van der Waals surface area contributed by atoms with Gasteiger partial charge in [0.05, 0.1) is 6.04 Å². The molecule has 0 heterocycles. The quantitative estimate of drug-likeness (QED) is 0.796. The van der Waals surface area contributed by atoms with E-state index in [2.05, 4.69) is 10.6 Å². The molecule has 2 rings (SSSR count). The van der Waals surface area contributed by atoms with Gasteiger partial charge < -0.3 is 15.4 Å². The van der Waals surface area contributed by atoms with Gasteiger partial charge in [0.25, 0.3) is 0 Å². The molecule has 1 unspecified atom stereocenters. The van der Waals surface area contributed by atoms with E-state index in [0.29, 0.717) is 24.3 Å². The van der Waals surface area contributed by atoms with Gasteiger partial charge >= 0.3 is 0 Å². The molecule has 0 aromatic heterocycles. The van der Waals surface area contributed by atoms with Crippen LogP contribution in [0.15, 0.2) is 48.5 Å². The van der Waals surface area contributed by atoms with Crippen LogP contribution in [-0.2, 0) is 4.79 Å². The fraction of sp³-hybridized carbons (Fsp3) is 0.278. The van der Waals surface area contributed by atoms with Gasteiger partial charge in [-0.2, -0.15) is 0 Å². The van der Waals surface area contributed by atoms with Crippen LogP contribution in [0, 0.1) is 5.82 Å². The molecule has 0 spiro atoms. The van der Waals surface area contributed by atoms with Crippen LogP contribution in [0.4, 0.5) is 4.39 Å². The minimum atomic E-state index is -0.456. The average Bonchev–Trinajstić information content (AvgIpc) is 2.55. The smallest absolute Gasteiger partial charge is 0.221 e. The van der Waals surface area contributed by atoms with Crippen molar-refractivity contribution in [2.45, 2.75) is 19.4 Å². The van der Waals surface area contributed by atoms with Crippen LogP contribution >= 0.6 is 12.4 Å². The largest absolute Gasteiger partial charge is 0.454 e. The van der Waals surface area contributed by atoms with Crippen molar-refractivity contribution in [1.82, 2.24) is 10.6 Å². The first-order chi connectivity index (χ1) is 11.1. The van der Waals surface area contributed by atoms with Gasteiger partial charge in [0, 0.05) is 13.0 Å². The first-order valence-electron chi connectivity index (χ1n) is 7.56. The Morgan fingerprint density at radius 3 is 2.54 bits per heavy atom. The highest BCUT2D eigenvalue weighted by Crippen LogP contribution is 2.26. The van der Waals surface area contributed by atoms with E-state index in [1.807, 2.05) is 25.1 Å². The molecule has 0 bridgehead atoms. The maximum Gasteiger partial charge on any atom is 0.221 e. The first kappa shape index (κ1) is 19.9. The van der Waals surface area contributed by atoms with Crippen molar-refractivity contribution >= 4 is 18.3 Å². The molecule has 2 N–H and O–H groups in total. The molecule has 0 saturated heterocycles. The Labute approximate surface area is 147 Å². The van der Waals surface area contributed by atoms with E-state index in [-0.39, 0.29) is 30.1 Å². The fourth-order valence-electron chi connectivity index (χ4n) is 2.12. The maximum atomic E-state index is 14.2. The number of para-hydroxylation sites is 1. The van der Waals surface area contributed by atoms with Crippen LogP contribution in [0.2, 0.25) is 0 Å². The average molecular weight is 353 g/mol. The summed E-state index contributed by atoms with van der Waals surface area (Å²) in [4.78, 5) is 11.7. The van der Waals surface area contributed by atoms with E-state index in [4.69, 9.17) is 4.74 Å². The van der Waals surface area contributed by atoms with E-state index < -0.39 is 5.82 Å². The molecule has 0 saturated carbocycles. The number of hydrogen-bond donors (Lipinski definition) is 2. The SMILES string of the molecule is CNCCC(=O)NC(C)c1ccc(Oc2ccccc2)c(F)c1.Cl. The highest BCUT2D eigenvalue weighted by Gasteiger charge is 2.12. The molecule has 0 aliphatic carbocycles. The number of ether oxygens (including phenoxy) is 1. The number of nitrogens with one attached hydrogen (secondary N) is 2. The van der Waals surface area contributed by atoms with Crippen molar-refractivity contribution < 1.29 is 13.9 Å². The summed E-state index contributed by atoms with van der Waals surface area (Å²) in [6, 6.07) is 13.5. The van der Waals surface area contributed by atoms with E-state index in [9.17, 15) is 9.18 Å². The molecule has 0 aliphatic heterocycles. The lowest BCUT2D eigenvalue weighted by Gasteiger charge is -2.15. The van der Waals surface area contributed by atoms with Crippen molar-refractivity contribution in [2.24, 2.45) is 0 Å². The molecule has 1 amide bonds. The number of hydrogen-bond acceptors (Lipinski definition) is 3. The lowest BCUT2D eigenvalue weighted by molar-refractivity contribution is -0.121. The van der Waals surface area contributed by atoms with E-state index in [1.54, 1.807) is 31.3 Å². The number of carbonyl (C=O) groups excluding carboxylic acids is 1. The lowest BCUT2D eigenvalue weighted by Crippen LogP contribution is -2.29. The van der Waals surface area contributed by atoms with Crippen molar-refractivity contribution in [2.75, 3.05) is 13.6 Å². The topological polar surface area (TPSA) is 50.4 Å². The predicted octanol–water partition coefficient (Wildman–Crippen LogP) is 3.83. The lowest BCUT2D eigenvalue weighted by atomic mass is 10.1. The summed E-state index contributed by atoms with van der Waals surface area (Å²) in [5.41, 5.74) is 0.695. The van der Waals surface area contributed by atoms with Crippen molar-refractivity contribution in [3.05, 3.63) is 59.9 Å². The summed E-state index contributed by atoms with van der Waals surface area (Å²) in [5, 5.41) is 5.75. The zero-order valence-electron chi connectivity index (χ0n) is 13.7. The highest BCUT2D eigenvalue weighted by atomic mass is 35.5. The van der Waals surface area contributed by atoms with Gasteiger partial charge in [0.1, 0.15) is 5.75 Å². The molecule has 0 aliphatic rings. The standard InChI is InChI=1S/C18H21FN2O2.ClH/c1-13(21-18(22)10-11-20-2)14-8-9-17(16(19)12-14)23-15-6-4-3-5-7-15;/h3-9,12-13,20H,10-11H2,1-2H3,(H,21,22);1H. The maximum absolute atomic E-state index is 14.2. The predicted molar refractivity (Wildman–Crippen MR) is 95.3 cm³/mol. The van der Waals surface area contributed by atoms with Crippen LogP contribution in [-0.4, -0.2) is 19.5 Å². The molecule has 0 radical (unpaired) electrons. The third-order valence-electron chi connectivity index (χ3n) is 3.41. The Bertz CT molecular complexity index is 653. The molecule has 2 aromatic carbocycles. The van der Waals surface area contributed by atoms with E-state index >= 15 is 0 Å². The summed E-state index contributed by atoms with van der Waals surface area (Å²) in [7, 11) is 1.79. The molecular weight excluding hydrogens is 331 g/mol. The van der Waals surface area contributed by atoms with Gasteiger partial charge in [-0.15, -0.1) is 12.4 Å². The minimum absolute atomic E-state index is 0. The molecule has 130 valence electrons. The second-order valence-corrected chi connectivity index (χ2v) is 5.25. The second kappa shape index (κ2) is 9.90. The monoisotopic (exact) mass is 352 g/mol. The Balaban J connectivity index is 0.00000288. The molecule has 4 nitrogen and oxygen atoms in total. The highest BCUT2D eigenvalue weighted by molar-refractivity contribution is 5.85. The Hall–Kier alpha value is -2.11. The summed E-state index contributed by atoms with van der Waals surface area (Å²) < 4.78 is 19.7. The van der Waals surface area contributed by atoms with Gasteiger partial charge in [-0.1, -0.05) is 24.3 Å². The zero-order chi connectivity index (χ0) is 16.7. The summed E-state index contributed by atoms with van der Waals surface area (Å²) >= 11 is 0. The van der Waals surface area contributed by atoms with E-state index in [1.165, 1.54) is 6.07 Å². The third-order valence-corrected chi connectivity index (χ3v) is 3.41. The summed E-state index contributed by atoms with van der Waals surface area (Å²) in [5.74, 6) is 0.209. The Morgan fingerprint density at radius 2 is 1.92 bits per heavy atom. The number of rotatable bonds is 7. The van der Waals surface area contributed by atoms with Crippen LogP contribution in [0.25, 0.3) is 0 Å². The molecule has 0 fully saturated rings. The number of carbonyl (C=O) groups is 1. The van der Waals surface area contributed by atoms with E-state index in [0.717, 1.165) is 0 Å². The molecule has 2 aromatic rings. The minimum Gasteiger partial charge on any atom is -0.454 e. The van der Waals surface area contributed by atoms with Crippen molar-refractivity contribution in [1.29, 1.82) is 0 Å². The van der Waals surface area contributed by atoms with Crippen LogP contribution < -0.4 is 15.4 Å².